The topological polar surface area (TPSA) is 88.2 Å². The number of hydrogen-bond acceptors (Lipinski definition) is 8. The van der Waals surface area contributed by atoms with E-state index in [1.54, 1.807) is 36.0 Å². The number of pyridine rings is 1. The number of nitrogens with zero attached hydrogens (tertiary/aromatic N) is 2. The first kappa shape index (κ1) is 25.0. The summed E-state index contributed by atoms with van der Waals surface area (Å²) in [4.78, 5) is 23.5. The average Bonchev–Trinajstić information content (AvgIpc) is 3.44. The van der Waals surface area contributed by atoms with E-state index >= 15 is 0 Å². The number of ether oxygens (including phenoxy) is 1. The van der Waals surface area contributed by atoms with Crippen LogP contribution in [0.3, 0.4) is 0 Å². The van der Waals surface area contributed by atoms with E-state index in [1.165, 1.54) is 10.4 Å². The Kier molecular flexibility index (Phi) is 7.73. The molecule has 0 fully saturated rings. The molecule has 2 atom stereocenters. The predicted octanol–water partition coefficient (Wildman–Crippen LogP) is 5.25. The highest BCUT2D eigenvalue weighted by atomic mass is 32.1. The minimum atomic E-state index is 0.00778. The van der Waals surface area contributed by atoms with Gasteiger partial charge in [-0.1, -0.05) is 12.1 Å². The number of amides is 1. The molecular weight excluding hydrogens is 490 g/mol. The molecule has 1 aliphatic rings. The number of rotatable bonds is 9. The molecule has 7 nitrogen and oxygen atoms in total. The van der Waals surface area contributed by atoms with Gasteiger partial charge in [0.05, 0.1) is 16.8 Å². The van der Waals surface area contributed by atoms with Gasteiger partial charge in [-0.25, -0.2) is 4.98 Å². The van der Waals surface area contributed by atoms with E-state index in [4.69, 9.17) is 9.72 Å². The molecule has 0 spiro atoms. The molecule has 0 radical (unpaired) electrons. The molecule has 188 valence electrons. The van der Waals surface area contributed by atoms with Gasteiger partial charge in [0.15, 0.2) is 0 Å². The Bertz CT molecular complexity index is 1350. The van der Waals surface area contributed by atoms with Gasteiger partial charge >= 0.3 is 0 Å². The van der Waals surface area contributed by atoms with E-state index in [0.717, 1.165) is 49.9 Å². The Morgan fingerprint density at radius 2 is 2.08 bits per heavy atom. The molecule has 1 aliphatic heterocycles. The first-order chi connectivity index (χ1) is 17.5. The van der Waals surface area contributed by atoms with Gasteiger partial charge < -0.3 is 20.7 Å². The minimum absolute atomic E-state index is 0.00778. The Labute approximate surface area is 219 Å². The van der Waals surface area contributed by atoms with Crippen LogP contribution >= 0.6 is 22.7 Å². The predicted molar refractivity (Wildman–Crippen MR) is 149 cm³/mol. The zero-order chi connectivity index (χ0) is 25.1. The fraction of sp³-hybridized carbons (Fsp3) is 0.370. The van der Waals surface area contributed by atoms with Crippen LogP contribution in [0.4, 0.5) is 5.00 Å². The highest BCUT2D eigenvalue weighted by Gasteiger charge is 2.30. The number of anilines is 1. The number of carbonyl (C=O) groups is 1. The van der Waals surface area contributed by atoms with E-state index in [-0.39, 0.29) is 11.9 Å². The van der Waals surface area contributed by atoms with Crippen LogP contribution in [-0.4, -0.2) is 48.7 Å². The third-order valence-electron chi connectivity index (χ3n) is 6.34. The fourth-order valence-electron chi connectivity index (χ4n) is 4.65. The lowest BCUT2D eigenvalue weighted by Crippen LogP contribution is -2.35. The normalized spacial score (nSPS) is 17.3. The summed E-state index contributed by atoms with van der Waals surface area (Å²) in [6.07, 6.45) is 4.98. The van der Waals surface area contributed by atoms with Gasteiger partial charge in [-0.05, 0) is 49.6 Å². The lowest BCUT2D eigenvalue weighted by Gasteiger charge is -2.26. The van der Waals surface area contributed by atoms with Gasteiger partial charge in [0, 0.05) is 67.1 Å². The van der Waals surface area contributed by atoms with Gasteiger partial charge in [-0.15, -0.1) is 22.7 Å². The van der Waals surface area contributed by atoms with Crippen molar-refractivity contribution in [3.05, 3.63) is 53.2 Å². The van der Waals surface area contributed by atoms with Crippen molar-refractivity contribution in [2.24, 2.45) is 0 Å². The van der Waals surface area contributed by atoms with Crippen molar-refractivity contribution in [2.45, 2.75) is 38.8 Å². The SMILES string of the molecule is COCCNCCC(=O)Nc1sc2c(c1-c1nc3cc(-c4cccnc4)ccc3s1)C[C@H](C)N[C@H]2C. The maximum Gasteiger partial charge on any atom is 0.226 e. The number of methoxy groups -OCH3 is 1. The Morgan fingerprint density at radius 1 is 1.19 bits per heavy atom. The number of aromatic nitrogens is 2. The molecule has 0 aliphatic carbocycles. The van der Waals surface area contributed by atoms with Crippen molar-refractivity contribution in [1.82, 2.24) is 20.6 Å². The van der Waals surface area contributed by atoms with Crippen molar-refractivity contribution >= 4 is 43.8 Å². The smallest absolute Gasteiger partial charge is 0.226 e. The first-order valence-corrected chi connectivity index (χ1v) is 13.9. The first-order valence-electron chi connectivity index (χ1n) is 12.3. The van der Waals surface area contributed by atoms with Gasteiger partial charge in [-0.2, -0.15) is 0 Å². The van der Waals surface area contributed by atoms with Gasteiger partial charge in [0.1, 0.15) is 10.0 Å². The molecule has 3 aromatic heterocycles. The summed E-state index contributed by atoms with van der Waals surface area (Å²) in [5, 5.41) is 12.0. The monoisotopic (exact) mass is 521 g/mol. The summed E-state index contributed by atoms with van der Waals surface area (Å²) in [6, 6.07) is 11.0. The third-order valence-corrected chi connectivity index (χ3v) is 8.72. The van der Waals surface area contributed by atoms with Crippen LogP contribution in [-0.2, 0) is 16.0 Å². The fourth-order valence-corrected chi connectivity index (χ4v) is 7.00. The molecule has 9 heteroatoms. The molecule has 4 aromatic rings. The van der Waals surface area contributed by atoms with Crippen LogP contribution in [0.5, 0.6) is 0 Å². The maximum absolute atomic E-state index is 12.8. The Balaban J connectivity index is 1.47. The lowest BCUT2D eigenvalue weighted by molar-refractivity contribution is -0.116. The van der Waals surface area contributed by atoms with Crippen molar-refractivity contribution < 1.29 is 9.53 Å². The van der Waals surface area contributed by atoms with Crippen molar-refractivity contribution in [3.63, 3.8) is 0 Å². The zero-order valence-electron chi connectivity index (χ0n) is 20.8. The van der Waals surface area contributed by atoms with Crippen LogP contribution in [0.15, 0.2) is 42.7 Å². The van der Waals surface area contributed by atoms with Crippen LogP contribution in [0.2, 0.25) is 0 Å². The number of carbonyl (C=O) groups excluding carboxylic acids is 1. The highest BCUT2D eigenvalue weighted by Crippen LogP contribution is 2.47. The van der Waals surface area contributed by atoms with E-state index in [2.05, 4.69) is 59.0 Å². The standard InChI is InChI=1S/C27H31N5O2S2/c1-16-13-20-24(26-31-21-14-18(6-7-22(21)35-26)19-5-4-9-29-15-19)27(36-25(20)17(2)30-16)32-23(33)8-10-28-11-12-34-3/h4-7,9,14-17,28,30H,8,10-13H2,1-3H3,(H,32,33)/t16-,17-/m0/s1. The molecule has 36 heavy (non-hydrogen) atoms. The number of nitrogens with one attached hydrogen (secondary N) is 3. The zero-order valence-corrected chi connectivity index (χ0v) is 22.4. The highest BCUT2D eigenvalue weighted by molar-refractivity contribution is 7.23. The Morgan fingerprint density at radius 3 is 2.89 bits per heavy atom. The summed E-state index contributed by atoms with van der Waals surface area (Å²) >= 11 is 3.36. The van der Waals surface area contributed by atoms with Crippen LogP contribution in [0, 0.1) is 0 Å². The summed E-state index contributed by atoms with van der Waals surface area (Å²) in [5.74, 6) is 0.00778. The summed E-state index contributed by atoms with van der Waals surface area (Å²) in [5.41, 5.74) is 5.52. The quantitative estimate of drug-likeness (QED) is 0.261. The van der Waals surface area contributed by atoms with Crippen LogP contribution in [0.25, 0.3) is 31.9 Å². The van der Waals surface area contributed by atoms with Gasteiger partial charge in [-0.3, -0.25) is 9.78 Å². The molecule has 1 amide bonds. The van der Waals surface area contributed by atoms with Crippen LogP contribution < -0.4 is 16.0 Å². The molecule has 0 saturated heterocycles. The summed E-state index contributed by atoms with van der Waals surface area (Å²) < 4.78 is 6.19. The number of benzene rings is 1. The molecule has 3 N–H and O–H groups in total. The van der Waals surface area contributed by atoms with Gasteiger partial charge in [0.2, 0.25) is 5.91 Å². The third kappa shape index (κ3) is 5.35. The number of thiophene rings is 1. The largest absolute Gasteiger partial charge is 0.383 e. The average molecular weight is 522 g/mol. The molecular formula is C27H31N5O2S2. The van der Waals surface area contributed by atoms with E-state index < -0.39 is 0 Å². The molecule has 4 heterocycles. The second kappa shape index (κ2) is 11.1. The van der Waals surface area contributed by atoms with E-state index in [0.29, 0.717) is 25.6 Å². The molecule has 0 saturated carbocycles. The van der Waals surface area contributed by atoms with Crippen molar-refractivity contribution in [2.75, 3.05) is 32.1 Å². The molecule has 1 aromatic carbocycles. The minimum Gasteiger partial charge on any atom is -0.383 e. The second-order valence-electron chi connectivity index (χ2n) is 9.13. The lowest BCUT2D eigenvalue weighted by atomic mass is 9.95. The van der Waals surface area contributed by atoms with Crippen LogP contribution in [0.1, 0.15) is 36.8 Å². The number of hydrogen-bond donors (Lipinski definition) is 3. The maximum atomic E-state index is 12.8. The molecule has 0 bridgehead atoms. The number of fused-ring (bicyclic) bond motifs is 2. The Hall–Kier alpha value is -2.69. The van der Waals surface area contributed by atoms with E-state index in [9.17, 15) is 4.79 Å². The van der Waals surface area contributed by atoms with E-state index in [1.807, 2.05) is 12.3 Å². The molecule has 5 rings (SSSR count). The summed E-state index contributed by atoms with van der Waals surface area (Å²) in [7, 11) is 1.67. The van der Waals surface area contributed by atoms with Gasteiger partial charge in [0.25, 0.3) is 0 Å². The molecule has 0 unspecified atom stereocenters. The second-order valence-corrected chi connectivity index (χ2v) is 11.2. The number of thiazole rings is 1. The summed E-state index contributed by atoms with van der Waals surface area (Å²) in [6.45, 7) is 6.38. The van der Waals surface area contributed by atoms with Crippen molar-refractivity contribution in [1.29, 1.82) is 0 Å². The van der Waals surface area contributed by atoms with Crippen molar-refractivity contribution in [3.8, 4) is 21.7 Å².